The van der Waals surface area contributed by atoms with Crippen LogP contribution < -0.4 is 10.1 Å². The lowest BCUT2D eigenvalue weighted by molar-refractivity contribution is 0.413. The zero-order valence-electron chi connectivity index (χ0n) is 11.4. The zero-order chi connectivity index (χ0) is 13.9. The number of halogens is 1. The largest absolute Gasteiger partial charge is 0.497 e. The predicted molar refractivity (Wildman–Crippen MR) is 81.5 cm³/mol. The van der Waals surface area contributed by atoms with Crippen molar-refractivity contribution in [2.45, 2.75) is 25.3 Å². The van der Waals surface area contributed by atoms with E-state index in [-0.39, 0.29) is 0 Å². The van der Waals surface area contributed by atoms with E-state index in [0.717, 1.165) is 24.3 Å². The minimum atomic E-state index is 0.322. The molecule has 3 rings (SSSR count). The lowest BCUT2D eigenvalue weighted by Crippen LogP contribution is -2.17. The summed E-state index contributed by atoms with van der Waals surface area (Å²) in [5, 5.41) is 4.06. The third-order valence-corrected chi connectivity index (χ3v) is 3.94. The van der Waals surface area contributed by atoms with Crippen LogP contribution in [-0.4, -0.2) is 12.1 Å². The quantitative estimate of drug-likeness (QED) is 0.858. The van der Waals surface area contributed by atoms with E-state index in [9.17, 15) is 0 Å². The second kappa shape index (κ2) is 5.71. The molecule has 0 amide bonds. The lowest BCUT2D eigenvalue weighted by atomic mass is 9.87. The van der Waals surface area contributed by atoms with Gasteiger partial charge < -0.3 is 10.1 Å². The van der Waals surface area contributed by atoms with E-state index in [1.807, 2.05) is 18.2 Å². The van der Waals surface area contributed by atoms with Gasteiger partial charge in [-0.25, -0.2) is 4.98 Å². The summed E-state index contributed by atoms with van der Waals surface area (Å²) in [4.78, 5) is 4.01. The summed E-state index contributed by atoms with van der Waals surface area (Å²) < 4.78 is 5.30. The molecule has 2 aromatic rings. The first-order valence-electron chi connectivity index (χ1n) is 6.81. The normalized spacial score (nSPS) is 17.4. The SMILES string of the molecule is COc1ccc2c(c1)CCCC2Nc1ccnc(Cl)c1. The molecule has 0 aliphatic heterocycles. The Balaban J connectivity index is 1.86. The minimum absolute atomic E-state index is 0.322. The molecule has 0 fully saturated rings. The maximum absolute atomic E-state index is 5.93. The summed E-state index contributed by atoms with van der Waals surface area (Å²) in [6.45, 7) is 0. The number of anilines is 1. The standard InChI is InChI=1S/C16H17ClN2O/c1-20-13-5-6-14-11(9-13)3-2-4-15(14)19-12-7-8-18-16(17)10-12/h5-10,15H,2-4H2,1H3,(H,18,19). The van der Waals surface area contributed by atoms with E-state index in [4.69, 9.17) is 16.3 Å². The number of rotatable bonds is 3. The highest BCUT2D eigenvalue weighted by atomic mass is 35.5. The molecule has 1 aliphatic carbocycles. The van der Waals surface area contributed by atoms with Crippen molar-refractivity contribution in [3.8, 4) is 5.75 Å². The van der Waals surface area contributed by atoms with E-state index < -0.39 is 0 Å². The fraction of sp³-hybridized carbons (Fsp3) is 0.312. The fourth-order valence-corrected chi connectivity index (χ4v) is 2.93. The summed E-state index contributed by atoms with van der Waals surface area (Å²) in [5.74, 6) is 0.927. The molecular formula is C16H17ClN2O. The van der Waals surface area contributed by atoms with Crippen LogP contribution in [-0.2, 0) is 6.42 Å². The molecule has 4 heteroatoms. The van der Waals surface area contributed by atoms with Crippen molar-refractivity contribution in [3.63, 3.8) is 0 Å². The number of hydrogen-bond acceptors (Lipinski definition) is 3. The minimum Gasteiger partial charge on any atom is -0.497 e. The van der Waals surface area contributed by atoms with E-state index in [1.165, 1.54) is 17.5 Å². The van der Waals surface area contributed by atoms with Crippen LogP contribution >= 0.6 is 11.6 Å². The number of pyridine rings is 1. The van der Waals surface area contributed by atoms with Crippen LogP contribution in [0.15, 0.2) is 36.5 Å². The van der Waals surface area contributed by atoms with E-state index in [1.54, 1.807) is 13.3 Å². The average Bonchev–Trinajstić information content (AvgIpc) is 2.47. The number of aromatic nitrogens is 1. The highest BCUT2D eigenvalue weighted by Crippen LogP contribution is 2.34. The van der Waals surface area contributed by atoms with Gasteiger partial charge in [0.15, 0.2) is 0 Å². The molecule has 3 nitrogen and oxygen atoms in total. The Morgan fingerprint density at radius 1 is 1.30 bits per heavy atom. The van der Waals surface area contributed by atoms with Crippen molar-refractivity contribution in [1.82, 2.24) is 4.98 Å². The topological polar surface area (TPSA) is 34.1 Å². The Labute approximate surface area is 123 Å². The molecule has 1 N–H and O–H groups in total. The van der Waals surface area contributed by atoms with Crippen molar-refractivity contribution >= 4 is 17.3 Å². The molecule has 1 aromatic carbocycles. The number of hydrogen-bond donors (Lipinski definition) is 1. The first kappa shape index (κ1) is 13.3. The summed E-state index contributed by atoms with van der Waals surface area (Å²) >= 11 is 5.93. The van der Waals surface area contributed by atoms with Crippen LogP contribution in [0.25, 0.3) is 0 Å². The van der Waals surface area contributed by atoms with Gasteiger partial charge >= 0.3 is 0 Å². The van der Waals surface area contributed by atoms with Crippen molar-refractivity contribution < 1.29 is 4.74 Å². The molecule has 1 heterocycles. The highest BCUT2D eigenvalue weighted by molar-refractivity contribution is 6.29. The Morgan fingerprint density at radius 2 is 2.20 bits per heavy atom. The molecule has 0 saturated carbocycles. The maximum Gasteiger partial charge on any atom is 0.131 e. The van der Waals surface area contributed by atoms with Crippen LogP contribution in [0.2, 0.25) is 5.15 Å². The second-order valence-corrected chi connectivity index (χ2v) is 5.41. The fourth-order valence-electron chi connectivity index (χ4n) is 2.76. The van der Waals surface area contributed by atoms with Gasteiger partial charge in [-0.2, -0.15) is 0 Å². The molecule has 0 bridgehead atoms. The van der Waals surface area contributed by atoms with Gasteiger partial charge in [0, 0.05) is 11.9 Å². The van der Waals surface area contributed by atoms with Gasteiger partial charge in [0.05, 0.1) is 13.2 Å². The van der Waals surface area contributed by atoms with Gasteiger partial charge in [0.25, 0.3) is 0 Å². The smallest absolute Gasteiger partial charge is 0.131 e. The molecule has 1 atom stereocenters. The summed E-state index contributed by atoms with van der Waals surface area (Å²) in [5.41, 5.74) is 3.73. The van der Waals surface area contributed by atoms with Gasteiger partial charge in [0.2, 0.25) is 0 Å². The molecule has 0 saturated heterocycles. The van der Waals surface area contributed by atoms with Crippen molar-refractivity contribution in [3.05, 3.63) is 52.8 Å². The number of methoxy groups -OCH3 is 1. The number of aryl methyl sites for hydroxylation is 1. The van der Waals surface area contributed by atoms with E-state index >= 15 is 0 Å². The summed E-state index contributed by atoms with van der Waals surface area (Å²) in [6, 6.07) is 10.5. The predicted octanol–water partition coefficient (Wildman–Crippen LogP) is 4.23. The van der Waals surface area contributed by atoms with Crippen LogP contribution in [0, 0.1) is 0 Å². The second-order valence-electron chi connectivity index (χ2n) is 5.02. The molecule has 0 radical (unpaired) electrons. The Morgan fingerprint density at radius 3 is 3.00 bits per heavy atom. The molecule has 1 unspecified atom stereocenters. The molecule has 104 valence electrons. The lowest BCUT2D eigenvalue weighted by Gasteiger charge is -2.27. The van der Waals surface area contributed by atoms with Crippen LogP contribution in [0.4, 0.5) is 5.69 Å². The number of ether oxygens (including phenoxy) is 1. The number of benzene rings is 1. The van der Waals surface area contributed by atoms with Crippen molar-refractivity contribution in [2.24, 2.45) is 0 Å². The van der Waals surface area contributed by atoms with Gasteiger partial charge in [0.1, 0.15) is 10.9 Å². The first-order chi connectivity index (χ1) is 9.76. The van der Waals surface area contributed by atoms with Crippen LogP contribution in [0.3, 0.4) is 0 Å². The van der Waals surface area contributed by atoms with Gasteiger partial charge in [-0.1, -0.05) is 17.7 Å². The number of nitrogens with one attached hydrogen (secondary N) is 1. The van der Waals surface area contributed by atoms with E-state index in [2.05, 4.69) is 22.4 Å². The van der Waals surface area contributed by atoms with Gasteiger partial charge in [-0.05, 0) is 54.7 Å². The highest BCUT2D eigenvalue weighted by Gasteiger charge is 2.20. The molecule has 20 heavy (non-hydrogen) atoms. The third-order valence-electron chi connectivity index (χ3n) is 3.73. The van der Waals surface area contributed by atoms with Crippen LogP contribution in [0.5, 0.6) is 5.75 Å². The number of nitrogens with zero attached hydrogens (tertiary/aromatic N) is 1. The maximum atomic E-state index is 5.93. The summed E-state index contributed by atoms with van der Waals surface area (Å²) in [6.07, 6.45) is 5.14. The van der Waals surface area contributed by atoms with Gasteiger partial charge in [-0.3, -0.25) is 0 Å². The third kappa shape index (κ3) is 2.73. The molecular weight excluding hydrogens is 272 g/mol. The Hall–Kier alpha value is -1.74. The number of fused-ring (bicyclic) bond motifs is 1. The average molecular weight is 289 g/mol. The van der Waals surface area contributed by atoms with Crippen molar-refractivity contribution in [2.75, 3.05) is 12.4 Å². The monoisotopic (exact) mass is 288 g/mol. The van der Waals surface area contributed by atoms with Gasteiger partial charge in [-0.15, -0.1) is 0 Å². The van der Waals surface area contributed by atoms with Crippen LogP contribution in [0.1, 0.15) is 30.0 Å². The molecule has 0 spiro atoms. The Kier molecular flexibility index (Phi) is 3.79. The van der Waals surface area contributed by atoms with Crippen molar-refractivity contribution in [1.29, 1.82) is 0 Å². The van der Waals surface area contributed by atoms with E-state index in [0.29, 0.717) is 11.2 Å². The Bertz CT molecular complexity index is 615. The molecule has 1 aliphatic rings. The molecule has 1 aromatic heterocycles. The summed E-state index contributed by atoms with van der Waals surface area (Å²) in [7, 11) is 1.71. The first-order valence-corrected chi connectivity index (χ1v) is 7.19. The zero-order valence-corrected chi connectivity index (χ0v) is 12.2.